The highest BCUT2D eigenvalue weighted by Crippen LogP contribution is 2.17. The molecule has 0 aliphatic rings. The van der Waals surface area contributed by atoms with E-state index in [0.29, 0.717) is 12.3 Å². The maximum absolute atomic E-state index is 12.1. The highest BCUT2D eigenvalue weighted by Gasteiger charge is 2.15. The second-order valence-electron chi connectivity index (χ2n) is 4.80. The van der Waals surface area contributed by atoms with Gasteiger partial charge in [-0.25, -0.2) is 9.89 Å². The number of nitrogens with zero attached hydrogens (tertiary/aromatic N) is 1. The summed E-state index contributed by atoms with van der Waals surface area (Å²) in [6, 6.07) is 9.05. The van der Waals surface area contributed by atoms with Crippen molar-refractivity contribution in [3.63, 3.8) is 0 Å². The summed E-state index contributed by atoms with van der Waals surface area (Å²) >= 11 is 0. The zero-order chi connectivity index (χ0) is 16.7. The minimum absolute atomic E-state index is 0.0405. The molecule has 23 heavy (non-hydrogen) atoms. The van der Waals surface area contributed by atoms with Crippen LogP contribution < -0.4 is 10.9 Å². The average Bonchev–Trinajstić information content (AvgIpc) is 2.56. The molecule has 1 amide bonds. The van der Waals surface area contributed by atoms with Gasteiger partial charge in [-0.1, -0.05) is 25.5 Å². The number of unbranched alkanes of at least 4 members (excludes halogenated alkanes) is 1. The number of benzene rings is 1. The Labute approximate surface area is 132 Å². The monoisotopic (exact) mass is 315 g/mol. The lowest BCUT2D eigenvalue weighted by molar-refractivity contribution is 0.0501. The number of carbonyl (C=O) groups excluding carboxylic acids is 2. The van der Waals surface area contributed by atoms with Crippen LogP contribution in [0.1, 0.15) is 40.6 Å². The smallest absolute Gasteiger partial charge is 0.340 e. The number of anilines is 1. The average molecular weight is 315 g/mol. The van der Waals surface area contributed by atoms with Crippen molar-refractivity contribution in [3.8, 4) is 0 Å². The fourth-order valence-corrected chi connectivity index (χ4v) is 1.81. The van der Waals surface area contributed by atoms with E-state index < -0.39 is 17.4 Å². The first-order chi connectivity index (χ1) is 11.1. The van der Waals surface area contributed by atoms with Crippen LogP contribution in [0.5, 0.6) is 0 Å². The topological polar surface area (TPSA) is 101 Å². The Morgan fingerprint density at radius 3 is 2.70 bits per heavy atom. The Morgan fingerprint density at radius 1 is 1.22 bits per heavy atom. The van der Waals surface area contributed by atoms with Gasteiger partial charge in [-0.2, -0.15) is 5.10 Å². The lowest BCUT2D eigenvalue weighted by atomic mass is 10.1. The van der Waals surface area contributed by atoms with Crippen molar-refractivity contribution < 1.29 is 14.3 Å². The number of esters is 1. The zero-order valence-electron chi connectivity index (χ0n) is 12.7. The van der Waals surface area contributed by atoms with Crippen LogP contribution in [0.4, 0.5) is 5.69 Å². The summed E-state index contributed by atoms with van der Waals surface area (Å²) < 4.78 is 5.16. The third-order valence-corrected chi connectivity index (χ3v) is 3.04. The Morgan fingerprint density at radius 2 is 2.00 bits per heavy atom. The summed E-state index contributed by atoms with van der Waals surface area (Å²) in [4.78, 5) is 35.1. The summed E-state index contributed by atoms with van der Waals surface area (Å²) in [6.45, 7) is 2.33. The summed E-state index contributed by atoms with van der Waals surface area (Å²) in [6.07, 6.45) is 1.70. The van der Waals surface area contributed by atoms with Gasteiger partial charge >= 0.3 is 5.97 Å². The highest BCUT2D eigenvalue weighted by molar-refractivity contribution is 6.06. The molecule has 0 fully saturated rings. The molecule has 0 saturated heterocycles. The van der Waals surface area contributed by atoms with E-state index in [1.807, 2.05) is 6.92 Å². The van der Waals surface area contributed by atoms with Gasteiger partial charge in [0.15, 0.2) is 0 Å². The molecular weight excluding hydrogens is 298 g/mol. The maximum atomic E-state index is 12.1. The minimum Gasteiger partial charge on any atom is -0.462 e. The van der Waals surface area contributed by atoms with E-state index in [1.54, 1.807) is 24.3 Å². The molecule has 0 aliphatic heterocycles. The Hall–Kier alpha value is -2.96. The molecular formula is C16H17N3O4. The number of nitrogens with one attached hydrogen (secondary N) is 2. The van der Waals surface area contributed by atoms with Crippen molar-refractivity contribution in [1.29, 1.82) is 0 Å². The number of para-hydroxylation sites is 1. The quantitative estimate of drug-likeness (QED) is 0.627. The third kappa shape index (κ3) is 4.50. The second kappa shape index (κ2) is 7.88. The molecule has 1 aromatic heterocycles. The van der Waals surface area contributed by atoms with Crippen molar-refractivity contribution in [3.05, 3.63) is 58.0 Å². The van der Waals surface area contributed by atoms with E-state index in [4.69, 9.17) is 4.74 Å². The molecule has 1 aromatic carbocycles. The number of hydrogen-bond acceptors (Lipinski definition) is 5. The number of hydrogen-bond donors (Lipinski definition) is 2. The van der Waals surface area contributed by atoms with Crippen molar-refractivity contribution >= 4 is 17.6 Å². The zero-order valence-corrected chi connectivity index (χ0v) is 12.7. The Kier molecular flexibility index (Phi) is 5.62. The maximum Gasteiger partial charge on any atom is 0.340 e. The van der Waals surface area contributed by atoms with Gasteiger partial charge in [0.2, 0.25) is 0 Å². The van der Waals surface area contributed by atoms with E-state index in [9.17, 15) is 14.4 Å². The van der Waals surface area contributed by atoms with E-state index in [1.165, 1.54) is 12.1 Å². The Bertz CT molecular complexity index is 734. The largest absolute Gasteiger partial charge is 0.462 e. The van der Waals surface area contributed by atoms with Crippen molar-refractivity contribution in [2.45, 2.75) is 19.8 Å². The van der Waals surface area contributed by atoms with Gasteiger partial charge in [-0.15, -0.1) is 0 Å². The van der Waals surface area contributed by atoms with E-state index in [0.717, 1.165) is 12.8 Å². The first-order valence-corrected chi connectivity index (χ1v) is 7.25. The summed E-state index contributed by atoms with van der Waals surface area (Å²) in [5, 5.41) is 8.42. The molecule has 0 spiro atoms. The molecule has 0 atom stereocenters. The second-order valence-corrected chi connectivity index (χ2v) is 4.80. The number of aromatic nitrogens is 2. The van der Waals surface area contributed by atoms with E-state index in [2.05, 4.69) is 15.5 Å². The number of H-pyrrole nitrogens is 1. The van der Waals surface area contributed by atoms with Crippen LogP contribution >= 0.6 is 0 Å². The molecule has 2 rings (SSSR count). The van der Waals surface area contributed by atoms with Crippen LogP contribution in [0.3, 0.4) is 0 Å². The number of carbonyl (C=O) groups is 2. The molecule has 7 heteroatoms. The number of amides is 1. The van der Waals surface area contributed by atoms with Crippen LogP contribution in [0.2, 0.25) is 0 Å². The SMILES string of the molecule is CCCCOC(=O)c1ccccc1NC(=O)c1ccc(=O)[nH]n1. The highest BCUT2D eigenvalue weighted by atomic mass is 16.5. The van der Waals surface area contributed by atoms with Gasteiger partial charge in [0.05, 0.1) is 17.9 Å². The predicted molar refractivity (Wildman–Crippen MR) is 84.4 cm³/mol. The minimum atomic E-state index is -0.532. The molecule has 0 saturated carbocycles. The molecule has 120 valence electrons. The van der Waals surface area contributed by atoms with Crippen LogP contribution in [-0.2, 0) is 4.74 Å². The number of rotatable bonds is 6. The summed E-state index contributed by atoms with van der Waals surface area (Å²) in [5.74, 6) is -1.03. The Balaban J connectivity index is 2.13. The molecule has 2 aromatic rings. The van der Waals surface area contributed by atoms with E-state index in [-0.39, 0.29) is 11.3 Å². The summed E-state index contributed by atoms with van der Waals surface area (Å²) in [7, 11) is 0. The number of aromatic amines is 1. The van der Waals surface area contributed by atoms with Gasteiger partial charge in [0.25, 0.3) is 11.5 Å². The lowest BCUT2D eigenvalue weighted by Gasteiger charge is -2.10. The van der Waals surface area contributed by atoms with Gasteiger partial charge in [-0.05, 0) is 24.6 Å². The number of ether oxygens (including phenoxy) is 1. The van der Waals surface area contributed by atoms with E-state index >= 15 is 0 Å². The molecule has 0 radical (unpaired) electrons. The van der Waals surface area contributed by atoms with Crippen LogP contribution in [0.15, 0.2) is 41.2 Å². The predicted octanol–water partition coefficient (Wildman–Crippen LogP) is 1.98. The fourth-order valence-electron chi connectivity index (χ4n) is 1.81. The molecule has 1 heterocycles. The van der Waals surface area contributed by atoms with Gasteiger partial charge in [0.1, 0.15) is 5.69 Å². The van der Waals surface area contributed by atoms with Gasteiger partial charge in [-0.3, -0.25) is 9.59 Å². The van der Waals surface area contributed by atoms with Crippen LogP contribution in [0.25, 0.3) is 0 Å². The van der Waals surface area contributed by atoms with Crippen LogP contribution in [-0.4, -0.2) is 28.7 Å². The summed E-state index contributed by atoms with van der Waals surface area (Å²) in [5.41, 5.74) is 0.230. The van der Waals surface area contributed by atoms with Crippen molar-refractivity contribution in [2.24, 2.45) is 0 Å². The van der Waals surface area contributed by atoms with Crippen LogP contribution in [0, 0.1) is 0 Å². The van der Waals surface area contributed by atoms with Crippen molar-refractivity contribution in [1.82, 2.24) is 10.2 Å². The lowest BCUT2D eigenvalue weighted by Crippen LogP contribution is -2.19. The van der Waals surface area contributed by atoms with Gasteiger partial charge in [0, 0.05) is 6.07 Å². The normalized spacial score (nSPS) is 10.1. The fraction of sp³-hybridized carbons (Fsp3) is 0.250. The molecule has 0 aliphatic carbocycles. The molecule has 2 N–H and O–H groups in total. The first kappa shape index (κ1) is 16.4. The molecule has 7 nitrogen and oxygen atoms in total. The molecule has 0 bridgehead atoms. The van der Waals surface area contributed by atoms with Crippen molar-refractivity contribution in [2.75, 3.05) is 11.9 Å². The standard InChI is InChI=1S/C16H17N3O4/c1-2-3-10-23-16(22)11-6-4-5-7-12(11)17-15(21)13-8-9-14(20)19-18-13/h4-9H,2-3,10H2,1H3,(H,17,21)(H,19,20). The third-order valence-electron chi connectivity index (χ3n) is 3.04. The van der Waals surface area contributed by atoms with Gasteiger partial charge < -0.3 is 10.1 Å². The first-order valence-electron chi connectivity index (χ1n) is 7.25. The molecule has 0 unspecified atom stereocenters.